The molecule has 0 aliphatic carbocycles. The quantitative estimate of drug-likeness (QED) is 0.473. The predicted molar refractivity (Wildman–Crippen MR) is 119 cm³/mol. The number of aliphatic imine (C=N–C) groups is 1. The second-order valence-corrected chi connectivity index (χ2v) is 7.86. The van der Waals surface area contributed by atoms with Crippen molar-refractivity contribution >= 4 is 11.9 Å². The Morgan fingerprint density at radius 1 is 1.27 bits per heavy atom. The molecule has 6 nitrogen and oxygen atoms in total. The highest BCUT2D eigenvalue weighted by atomic mass is 19.1. The van der Waals surface area contributed by atoms with Crippen LogP contribution in [0.15, 0.2) is 29.3 Å². The Bertz CT molecular complexity index is 686. The fourth-order valence-electron chi connectivity index (χ4n) is 3.68. The minimum absolute atomic E-state index is 0.146. The zero-order valence-electron chi connectivity index (χ0n) is 18.8. The maximum atomic E-state index is 13.3. The molecule has 0 bridgehead atoms. The fraction of sp³-hybridized carbons (Fsp3) is 0.652. The minimum Gasteiger partial charge on any atom is -0.489 e. The van der Waals surface area contributed by atoms with Gasteiger partial charge < -0.3 is 20.3 Å². The molecule has 1 saturated heterocycles. The maximum absolute atomic E-state index is 13.3. The van der Waals surface area contributed by atoms with E-state index in [-0.39, 0.29) is 23.9 Å². The molecular weight excluding hydrogens is 383 g/mol. The van der Waals surface area contributed by atoms with E-state index in [1.807, 2.05) is 18.7 Å². The molecule has 30 heavy (non-hydrogen) atoms. The second-order valence-electron chi connectivity index (χ2n) is 7.86. The third kappa shape index (κ3) is 7.50. The van der Waals surface area contributed by atoms with Crippen molar-refractivity contribution in [3.05, 3.63) is 30.1 Å². The van der Waals surface area contributed by atoms with Crippen molar-refractivity contribution in [1.82, 2.24) is 15.5 Å². The molecule has 0 saturated carbocycles. The van der Waals surface area contributed by atoms with Gasteiger partial charge in [-0.15, -0.1) is 0 Å². The number of piperidine rings is 1. The average molecular weight is 421 g/mol. The third-order valence-electron chi connectivity index (χ3n) is 5.47. The van der Waals surface area contributed by atoms with Crippen molar-refractivity contribution in [1.29, 1.82) is 0 Å². The van der Waals surface area contributed by atoms with Crippen LogP contribution in [0.5, 0.6) is 5.75 Å². The number of carbonyl (C=O) groups excluding carboxylic acids is 1. The number of guanidine groups is 1. The Hall–Kier alpha value is -2.31. The number of nitrogens with zero attached hydrogens (tertiary/aromatic N) is 2. The van der Waals surface area contributed by atoms with Gasteiger partial charge in [-0.05, 0) is 51.7 Å². The number of hydrogen-bond donors (Lipinski definition) is 2. The van der Waals surface area contributed by atoms with Crippen LogP contribution in [0, 0.1) is 11.7 Å². The van der Waals surface area contributed by atoms with Crippen LogP contribution in [0.4, 0.5) is 4.39 Å². The molecule has 1 heterocycles. The van der Waals surface area contributed by atoms with Gasteiger partial charge in [0.1, 0.15) is 17.7 Å². The van der Waals surface area contributed by atoms with E-state index in [0.717, 1.165) is 51.3 Å². The molecule has 168 valence electrons. The van der Waals surface area contributed by atoms with Crippen molar-refractivity contribution in [3.63, 3.8) is 0 Å². The van der Waals surface area contributed by atoms with E-state index in [2.05, 4.69) is 29.5 Å². The summed E-state index contributed by atoms with van der Waals surface area (Å²) in [5.74, 6) is 1.38. The van der Waals surface area contributed by atoms with E-state index in [1.54, 1.807) is 12.1 Å². The summed E-state index contributed by atoms with van der Waals surface area (Å²) in [4.78, 5) is 19.2. The molecule has 0 spiro atoms. The predicted octanol–water partition coefficient (Wildman–Crippen LogP) is 3.58. The van der Waals surface area contributed by atoms with Crippen molar-refractivity contribution < 1.29 is 13.9 Å². The van der Waals surface area contributed by atoms with Gasteiger partial charge in [-0.25, -0.2) is 9.38 Å². The topological polar surface area (TPSA) is 66.0 Å². The Morgan fingerprint density at radius 2 is 1.97 bits per heavy atom. The molecule has 2 rings (SSSR count). The van der Waals surface area contributed by atoms with Gasteiger partial charge in [0.25, 0.3) is 0 Å². The number of likely N-dealkylation sites (tertiary alicyclic amines) is 1. The van der Waals surface area contributed by atoms with Crippen molar-refractivity contribution in [3.8, 4) is 5.75 Å². The zero-order valence-corrected chi connectivity index (χ0v) is 18.8. The van der Waals surface area contributed by atoms with Gasteiger partial charge in [0.15, 0.2) is 5.96 Å². The number of hydrogen-bond acceptors (Lipinski definition) is 3. The summed E-state index contributed by atoms with van der Waals surface area (Å²) in [6.07, 6.45) is 3.44. The number of halogens is 1. The molecule has 1 aliphatic heterocycles. The summed E-state index contributed by atoms with van der Waals surface area (Å²) in [6.45, 7) is 10.9. The van der Waals surface area contributed by atoms with Gasteiger partial charge in [0, 0.05) is 37.7 Å². The smallest absolute Gasteiger partial charge is 0.225 e. The highest BCUT2D eigenvalue weighted by Crippen LogP contribution is 2.17. The number of nitrogens with one attached hydrogen (secondary N) is 2. The third-order valence-corrected chi connectivity index (χ3v) is 5.47. The lowest BCUT2D eigenvalue weighted by Gasteiger charge is -2.35. The molecule has 1 aliphatic rings. The Labute approximate surface area is 180 Å². The van der Waals surface area contributed by atoms with Gasteiger partial charge in [0.05, 0.1) is 6.54 Å². The Morgan fingerprint density at radius 3 is 2.57 bits per heavy atom. The lowest BCUT2D eigenvalue weighted by Crippen LogP contribution is -2.50. The molecule has 1 fully saturated rings. The number of benzene rings is 1. The molecule has 2 N–H and O–H groups in total. The molecule has 1 aromatic carbocycles. The lowest BCUT2D eigenvalue weighted by molar-refractivity contribution is -0.136. The zero-order chi connectivity index (χ0) is 21.9. The van der Waals surface area contributed by atoms with Crippen LogP contribution < -0.4 is 15.4 Å². The van der Waals surface area contributed by atoms with Gasteiger partial charge in [-0.3, -0.25) is 4.79 Å². The summed E-state index contributed by atoms with van der Waals surface area (Å²) < 4.78 is 19.1. The normalized spacial score (nSPS) is 16.5. The van der Waals surface area contributed by atoms with E-state index in [9.17, 15) is 9.18 Å². The summed E-state index contributed by atoms with van der Waals surface area (Å²) in [5.41, 5.74) is 0. The van der Waals surface area contributed by atoms with Crippen LogP contribution in [0.1, 0.15) is 53.4 Å². The van der Waals surface area contributed by atoms with E-state index in [1.165, 1.54) is 12.1 Å². The first kappa shape index (κ1) is 24.0. The molecule has 1 aromatic rings. The van der Waals surface area contributed by atoms with Crippen LogP contribution in [-0.2, 0) is 4.79 Å². The highest BCUT2D eigenvalue weighted by molar-refractivity contribution is 5.80. The molecule has 7 heteroatoms. The summed E-state index contributed by atoms with van der Waals surface area (Å²) in [5, 5.41) is 6.76. The number of rotatable bonds is 9. The highest BCUT2D eigenvalue weighted by Gasteiger charge is 2.26. The fourth-order valence-corrected chi connectivity index (χ4v) is 3.68. The Kier molecular flexibility index (Phi) is 9.91. The van der Waals surface area contributed by atoms with E-state index in [4.69, 9.17) is 4.74 Å². The molecular formula is C23H37FN4O2. The van der Waals surface area contributed by atoms with E-state index in [0.29, 0.717) is 18.2 Å². The van der Waals surface area contributed by atoms with E-state index < -0.39 is 0 Å². The van der Waals surface area contributed by atoms with Crippen LogP contribution in [0.3, 0.4) is 0 Å². The summed E-state index contributed by atoms with van der Waals surface area (Å²) in [6, 6.07) is 6.43. The van der Waals surface area contributed by atoms with Gasteiger partial charge in [-0.2, -0.15) is 0 Å². The lowest BCUT2D eigenvalue weighted by atomic mass is 9.98. The molecule has 1 amide bonds. The number of amides is 1. The largest absolute Gasteiger partial charge is 0.489 e. The SMILES string of the molecule is CCNC(=NCC(C)Oc1cccc(F)c1)NC1CCN(C(=O)C(CC)CC)CC1. The monoisotopic (exact) mass is 420 g/mol. The van der Waals surface area contributed by atoms with Gasteiger partial charge in [0.2, 0.25) is 5.91 Å². The summed E-state index contributed by atoms with van der Waals surface area (Å²) >= 11 is 0. The maximum Gasteiger partial charge on any atom is 0.225 e. The Balaban J connectivity index is 1.84. The number of ether oxygens (including phenoxy) is 1. The van der Waals surface area contributed by atoms with Gasteiger partial charge >= 0.3 is 0 Å². The first-order valence-corrected chi connectivity index (χ1v) is 11.2. The summed E-state index contributed by atoms with van der Waals surface area (Å²) in [7, 11) is 0. The van der Waals surface area contributed by atoms with E-state index >= 15 is 0 Å². The second kappa shape index (κ2) is 12.4. The van der Waals surface area contributed by atoms with Crippen LogP contribution in [0.2, 0.25) is 0 Å². The standard InChI is InChI=1S/C23H37FN4O2/c1-5-18(6-2)22(29)28-13-11-20(12-14-28)27-23(25-7-3)26-16-17(4)30-21-10-8-9-19(24)15-21/h8-10,15,17-18,20H,5-7,11-14,16H2,1-4H3,(H2,25,26,27). The molecule has 0 aromatic heterocycles. The van der Waals surface area contributed by atoms with Crippen LogP contribution >= 0.6 is 0 Å². The molecule has 0 radical (unpaired) electrons. The molecule has 1 atom stereocenters. The van der Waals surface area contributed by atoms with Crippen molar-refractivity contribution in [2.45, 2.75) is 65.5 Å². The van der Waals surface area contributed by atoms with Crippen molar-refractivity contribution in [2.75, 3.05) is 26.2 Å². The molecule has 1 unspecified atom stereocenters. The average Bonchev–Trinajstić information content (AvgIpc) is 2.73. The van der Waals surface area contributed by atoms with Crippen LogP contribution in [0.25, 0.3) is 0 Å². The minimum atomic E-state index is -0.313. The first-order chi connectivity index (χ1) is 14.5. The van der Waals surface area contributed by atoms with Crippen molar-refractivity contribution in [2.24, 2.45) is 10.9 Å². The number of carbonyl (C=O) groups is 1. The van der Waals surface area contributed by atoms with Crippen LogP contribution in [-0.4, -0.2) is 55.1 Å². The van der Waals surface area contributed by atoms with Gasteiger partial charge in [-0.1, -0.05) is 19.9 Å². The first-order valence-electron chi connectivity index (χ1n) is 11.2.